The summed E-state index contributed by atoms with van der Waals surface area (Å²) in [5.74, 6) is 1.95. The van der Waals surface area contributed by atoms with Crippen LogP contribution < -0.4 is 14.8 Å². The number of amides is 2. The van der Waals surface area contributed by atoms with Gasteiger partial charge in [0.25, 0.3) is 0 Å². The summed E-state index contributed by atoms with van der Waals surface area (Å²) in [4.78, 5) is 14.3. The van der Waals surface area contributed by atoms with Crippen LogP contribution >= 0.6 is 0 Å². The van der Waals surface area contributed by atoms with Crippen LogP contribution in [0.25, 0.3) is 0 Å². The molecule has 1 aromatic carbocycles. The van der Waals surface area contributed by atoms with Gasteiger partial charge in [0, 0.05) is 37.0 Å². The fourth-order valence-corrected chi connectivity index (χ4v) is 3.24. The summed E-state index contributed by atoms with van der Waals surface area (Å²) in [5.41, 5.74) is 0.0975. The molecule has 2 saturated heterocycles. The van der Waals surface area contributed by atoms with Crippen molar-refractivity contribution in [2.24, 2.45) is 11.3 Å². The number of ether oxygens (including phenoxy) is 3. The molecule has 0 aliphatic carbocycles. The number of urea groups is 1. The van der Waals surface area contributed by atoms with Gasteiger partial charge in [0.05, 0.1) is 26.9 Å². The van der Waals surface area contributed by atoms with Crippen LogP contribution in [0.2, 0.25) is 0 Å². The minimum atomic E-state index is 0.0270. The van der Waals surface area contributed by atoms with Gasteiger partial charge in [0.15, 0.2) is 0 Å². The third-order valence-electron chi connectivity index (χ3n) is 4.90. The molecule has 25 heavy (non-hydrogen) atoms. The summed E-state index contributed by atoms with van der Waals surface area (Å²) in [6.45, 7) is 6.43. The average Bonchev–Trinajstić information content (AvgIpc) is 2.63. The standard InChI is InChI=1S/C19H28N2O4/c1-19(13-24-14-19)12-20-18(22)21-8-4-5-15(10-21)11-25-17-7-3-6-16(9-17)23-2/h3,6-7,9,15H,4-5,8,10-14H2,1-2H3,(H,20,22)/t15-/m1/s1. The van der Waals surface area contributed by atoms with Gasteiger partial charge in [-0.2, -0.15) is 0 Å². The SMILES string of the molecule is COc1cccc(OC[C@@H]2CCCN(C(=O)NCC3(C)COC3)C2)c1. The molecule has 0 aromatic heterocycles. The Morgan fingerprint density at radius 1 is 1.40 bits per heavy atom. The maximum atomic E-state index is 12.4. The molecule has 2 amide bonds. The molecule has 2 fully saturated rings. The third kappa shape index (κ3) is 4.78. The maximum Gasteiger partial charge on any atom is 0.317 e. The second kappa shape index (κ2) is 7.95. The van der Waals surface area contributed by atoms with Crippen LogP contribution in [0, 0.1) is 11.3 Å². The minimum absolute atomic E-state index is 0.0270. The van der Waals surface area contributed by atoms with Gasteiger partial charge in [-0.25, -0.2) is 4.79 Å². The van der Waals surface area contributed by atoms with Crippen molar-refractivity contribution < 1.29 is 19.0 Å². The van der Waals surface area contributed by atoms with Crippen molar-refractivity contribution in [3.8, 4) is 11.5 Å². The quantitative estimate of drug-likeness (QED) is 0.858. The van der Waals surface area contributed by atoms with Crippen LogP contribution in [0.4, 0.5) is 4.79 Å². The Hall–Kier alpha value is -1.95. The smallest absolute Gasteiger partial charge is 0.317 e. The normalized spacial score (nSPS) is 22.0. The van der Waals surface area contributed by atoms with Crippen molar-refractivity contribution in [1.29, 1.82) is 0 Å². The number of carbonyl (C=O) groups excluding carboxylic acids is 1. The second-order valence-electron chi connectivity index (χ2n) is 7.41. The number of benzene rings is 1. The zero-order valence-corrected chi connectivity index (χ0v) is 15.1. The van der Waals surface area contributed by atoms with E-state index in [1.807, 2.05) is 29.2 Å². The van der Waals surface area contributed by atoms with Crippen molar-refractivity contribution >= 4 is 6.03 Å². The summed E-state index contributed by atoms with van der Waals surface area (Å²) >= 11 is 0. The summed E-state index contributed by atoms with van der Waals surface area (Å²) in [6.07, 6.45) is 2.10. The van der Waals surface area contributed by atoms with Crippen LogP contribution in [0.3, 0.4) is 0 Å². The molecule has 2 aliphatic rings. The Balaban J connectivity index is 1.44. The molecule has 1 N–H and O–H groups in total. The first-order valence-corrected chi connectivity index (χ1v) is 8.95. The molecule has 1 aromatic rings. The third-order valence-corrected chi connectivity index (χ3v) is 4.90. The number of nitrogens with one attached hydrogen (secondary N) is 1. The van der Waals surface area contributed by atoms with Gasteiger partial charge in [-0.3, -0.25) is 0 Å². The number of hydrogen-bond donors (Lipinski definition) is 1. The summed E-state index contributed by atoms with van der Waals surface area (Å²) < 4.78 is 16.3. The molecule has 6 heteroatoms. The van der Waals surface area contributed by atoms with Crippen LogP contribution in [-0.2, 0) is 4.74 Å². The fourth-order valence-electron chi connectivity index (χ4n) is 3.24. The Morgan fingerprint density at radius 3 is 2.92 bits per heavy atom. The summed E-state index contributed by atoms with van der Waals surface area (Å²) in [6, 6.07) is 7.65. The molecular weight excluding hydrogens is 320 g/mol. The van der Waals surface area contributed by atoms with Crippen LogP contribution in [0.15, 0.2) is 24.3 Å². The molecule has 1 atom stereocenters. The number of nitrogens with zero attached hydrogens (tertiary/aromatic N) is 1. The molecule has 0 radical (unpaired) electrons. The van der Waals surface area contributed by atoms with Gasteiger partial charge in [0.1, 0.15) is 11.5 Å². The number of piperidine rings is 1. The van der Waals surface area contributed by atoms with E-state index in [1.165, 1.54) is 0 Å². The lowest BCUT2D eigenvalue weighted by molar-refractivity contribution is -0.0979. The lowest BCUT2D eigenvalue weighted by Gasteiger charge is -2.39. The van der Waals surface area contributed by atoms with Gasteiger partial charge >= 0.3 is 6.03 Å². The first kappa shape index (κ1) is 17.9. The largest absolute Gasteiger partial charge is 0.497 e. The van der Waals surface area contributed by atoms with Gasteiger partial charge in [0.2, 0.25) is 0 Å². The van der Waals surface area contributed by atoms with E-state index in [9.17, 15) is 4.79 Å². The van der Waals surface area contributed by atoms with Crippen molar-refractivity contribution in [1.82, 2.24) is 10.2 Å². The molecular formula is C19H28N2O4. The molecule has 6 nitrogen and oxygen atoms in total. The number of hydrogen-bond acceptors (Lipinski definition) is 4. The molecule has 0 saturated carbocycles. The Morgan fingerprint density at radius 2 is 2.20 bits per heavy atom. The van der Waals surface area contributed by atoms with E-state index >= 15 is 0 Å². The van der Waals surface area contributed by atoms with Gasteiger partial charge in [-0.05, 0) is 25.0 Å². The monoisotopic (exact) mass is 348 g/mol. The Kier molecular flexibility index (Phi) is 5.68. The molecule has 0 unspecified atom stereocenters. The van der Waals surface area contributed by atoms with E-state index < -0.39 is 0 Å². The second-order valence-corrected chi connectivity index (χ2v) is 7.41. The number of carbonyl (C=O) groups is 1. The van der Waals surface area contributed by atoms with Crippen LogP contribution in [-0.4, -0.2) is 57.5 Å². The highest BCUT2D eigenvalue weighted by atomic mass is 16.5. The van der Waals surface area contributed by atoms with Gasteiger partial charge in [-0.1, -0.05) is 13.0 Å². The van der Waals surface area contributed by atoms with Crippen molar-refractivity contribution in [3.05, 3.63) is 24.3 Å². The Bertz CT molecular complexity index is 589. The number of rotatable bonds is 6. The topological polar surface area (TPSA) is 60.0 Å². The van der Waals surface area contributed by atoms with E-state index in [2.05, 4.69) is 12.2 Å². The zero-order valence-electron chi connectivity index (χ0n) is 15.1. The summed E-state index contributed by atoms with van der Waals surface area (Å²) in [5, 5.41) is 3.05. The number of methoxy groups -OCH3 is 1. The van der Waals surface area contributed by atoms with Crippen molar-refractivity contribution in [2.45, 2.75) is 19.8 Å². The predicted octanol–water partition coefficient (Wildman–Crippen LogP) is 2.53. The van der Waals surface area contributed by atoms with E-state index in [0.717, 1.165) is 50.6 Å². The number of likely N-dealkylation sites (tertiary alicyclic amines) is 1. The van der Waals surface area contributed by atoms with E-state index in [4.69, 9.17) is 14.2 Å². The predicted molar refractivity (Wildman–Crippen MR) is 95.1 cm³/mol. The first-order chi connectivity index (χ1) is 12.1. The zero-order chi connectivity index (χ0) is 17.7. The van der Waals surface area contributed by atoms with Gasteiger partial charge < -0.3 is 24.4 Å². The van der Waals surface area contributed by atoms with Crippen LogP contribution in [0.1, 0.15) is 19.8 Å². The van der Waals surface area contributed by atoms with Crippen molar-refractivity contribution in [2.75, 3.05) is 46.6 Å². The highest BCUT2D eigenvalue weighted by Crippen LogP contribution is 2.26. The van der Waals surface area contributed by atoms with E-state index in [1.54, 1.807) is 7.11 Å². The maximum absolute atomic E-state index is 12.4. The first-order valence-electron chi connectivity index (χ1n) is 8.95. The molecule has 0 bridgehead atoms. The van der Waals surface area contributed by atoms with Gasteiger partial charge in [-0.15, -0.1) is 0 Å². The lowest BCUT2D eigenvalue weighted by atomic mass is 9.89. The van der Waals surface area contributed by atoms with Crippen LogP contribution in [0.5, 0.6) is 11.5 Å². The van der Waals surface area contributed by atoms with E-state index in [0.29, 0.717) is 19.1 Å². The van der Waals surface area contributed by atoms with Crippen molar-refractivity contribution in [3.63, 3.8) is 0 Å². The average molecular weight is 348 g/mol. The summed E-state index contributed by atoms with van der Waals surface area (Å²) in [7, 11) is 1.65. The minimum Gasteiger partial charge on any atom is -0.497 e. The highest BCUT2D eigenvalue weighted by molar-refractivity contribution is 5.74. The van der Waals surface area contributed by atoms with E-state index in [-0.39, 0.29) is 11.4 Å². The lowest BCUT2D eigenvalue weighted by Crippen LogP contribution is -2.53. The molecule has 3 rings (SSSR count). The molecule has 2 heterocycles. The molecule has 138 valence electrons. The molecule has 0 spiro atoms. The highest BCUT2D eigenvalue weighted by Gasteiger charge is 2.34. The fraction of sp³-hybridized carbons (Fsp3) is 0.632. The molecule has 2 aliphatic heterocycles. The Labute approximate surface area is 149 Å².